The zero-order valence-electron chi connectivity index (χ0n) is 10.1. The molecule has 4 nitrogen and oxygen atoms in total. The molecule has 0 amide bonds. The third kappa shape index (κ3) is 5.64. The van der Waals surface area contributed by atoms with Gasteiger partial charge in [-0.2, -0.15) is 0 Å². The molecule has 0 saturated carbocycles. The number of nitrogens with one attached hydrogen (secondary N) is 2. The van der Waals surface area contributed by atoms with Crippen LogP contribution < -0.4 is 10.6 Å². The normalized spacial score (nSPS) is 11.2. The fraction of sp³-hybridized carbons (Fsp3) is 0.600. The van der Waals surface area contributed by atoms with Crippen molar-refractivity contribution in [2.75, 3.05) is 7.05 Å². The van der Waals surface area contributed by atoms with Gasteiger partial charge in [0.25, 0.3) is 0 Å². The van der Waals surface area contributed by atoms with E-state index in [0.29, 0.717) is 6.04 Å². The summed E-state index contributed by atoms with van der Waals surface area (Å²) in [6, 6.07) is 0.388. The van der Waals surface area contributed by atoms with E-state index in [2.05, 4.69) is 34.5 Å². The Labute approximate surface area is 118 Å². The van der Waals surface area contributed by atoms with Crippen molar-refractivity contribution in [2.45, 2.75) is 33.4 Å². The maximum atomic E-state index is 4.20. The Morgan fingerprint density at radius 3 is 2.69 bits per heavy atom. The highest BCUT2D eigenvalue weighted by atomic mass is 127. The summed E-state index contributed by atoms with van der Waals surface area (Å²) in [5, 5.41) is 7.57. The SMILES string of the molecule is CN=C(NCc1cnc(C)s1)NC(C)C.I. The molecule has 92 valence electrons. The lowest BCUT2D eigenvalue weighted by molar-refractivity contribution is 0.700. The molecule has 0 unspecified atom stereocenters. The molecular weight excluding hydrogens is 335 g/mol. The fourth-order valence-corrected chi connectivity index (χ4v) is 1.86. The Bertz CT molecular complexity index is 335. The highest BCUT2D eigenvalue weighted by Gasteiger charge is 2.01. The first-order valence-corrected chi connectivity index (χ1v) is 5.82. The van der Waals surface area contributed by atoms with Crippen LogP contribution in [0.3, 0.4) is 0 Å². The molecule has 0 fully saturated rings. The minimum Gasteiger partial charge on any atom is -0.354 e. The molecule has 1 aromatic heterocycles. The first-order valence-electron chi connectivity index (χ1n) is 5.00. The smallest absolute Gasteiger partial charge is 0.191 e. The minimum atomic E-state index is 0. The summed E-state index contributed by atoms with van der Waals surface area (Å²) >= 11 is 1.70. The van der Waals surface area contributed by atoms with E-state index >= 15 is 0 Å². The molecule has 1 rings (SSSR count). The summed E-state index contributed by atoms with van der Waals surface area (Å²) in [6.45, 7) is 6.96. The van der Waals surface area contributed by atoms with Crippen molar-refractivity contribution in [1.29, 1.82) is 0 Å². The van der Waals surface area contributed by atoms with Crippen molar-refractivity contribution in [3.05, 3.63) is 16.1 Å². The molecule has 16 heavy (non-hydrogen) atoms. The molecule has 0 aliphatic rings. The van der Waals surface area contributed by atoms with Gasteiger partial charge in [0.15, 0.2) is 5.96 Å². The number of aromatic nitrogens is 1. The Hall–Kier alpha value is -0.370. The van der Waals surface area contributed by atoms with E-state index in [4.69, 9.17) is 0 Å². The lowest BCUT2D eigenvalue weighted by atomic mass is 10.4. The molecule has 0 radical (unpaired) electrons. The highest BCUT2D eigenvalue weighted by Crippen LogP contribution is 2.10. The quantitative estimate of drug-likeness (QED) is 0.497. The van der Waals surface area contributed by atoms with Gasteiger partial charge in [-0.05, 0) is 20.8 Å². The predicted molar refractivity (Wildman–Crippen MR) is 80.7 cm³/mol. The molecule has 2 N–H and O–H groups in total. The molecular formula is C10H19IN4S. The van der Waals surface area contributed by atoms with Crippen LogP contribution in [0.4, 0.5) is 0 Å². The molecule has 0 atom stereocenters. The minimum absolute atomic E-state index is 0. The lowest BCUT2D eigenvalue weighted by Gasteiger charge is -2.13. The lowest BCUT2D eigenvalue weighted by Crippen LogP contribution is -2.40. The largest absolute Gasteiger partial charge is 0.354 e. The van der Waals surface area contributed by atoms with Gasteiger partial charge in [-0.3, -0.25) is 4.99 Å². The van der Waals surface area contributed by atoms with Gasteiger partial charge in [-0.1, -0.05) is 0 Å². The van der Waals surface area contributed by atoms with Gasteiger partial charge in [0.2, 0.25) is 0 Å². The number of guanidine groups is 1. The summed E-state index contributed by atoms with van der Waals surface area (Å²) in [6.07, 6.45) is 1.90. The van der Waals surface area contributed by atoms with Crippen LogP contribution in [0.15, 0.2) is 11.2 Å². The molecule has 0 aliphatic carbocycles. The van der Waals surface area contributed by atoms with Crippen LogP contribution in [-0.4, -0.2) is 24.0 Å². The van der Waals surface area contributed by atoms with Crippen molar-refractivity contribution >= 4 is 41.3 Å². The van der Waals surface area contributed by atoms with Crippen LogP contribution in [0.1, 0.15) is 23.7 Å². The van der Waals surface area contributed by atoms with E-state index in [1.807, 2.05) is 13.1 Å². The molecule has 1 heterocycles. The van der Waals surface area contributed by atoms with Gasteiger partial charge >= 0.3 is 0 Å². The first kappa shape index (κ1) is 15.6. The number of nitrogens with zero attached hydrogens (tertiary/aromatic N) is 2. The molecule has 0 aliphatic heterocycles. The van der Waals surface area contributed by atoms with Crippen molar-refractivity contribution in [2.24, 2.45) is 4.99 Å². The van der Waals surface area contributed by atoms with Crippen LogP contribution in [0.25, 0.3) is 0 Å². The van der Waals surface area contributed by atoms with Gasteiger partial charge in [-0.25, -0.2) is 4.98 Å². The van der Waals surface area contributed by atoms with E-state index in [9.17, 15) is 0 Å². The zero-order chi connectivity index (χ0) is 11.3. The standard InChI is InChI=1S/C10H18N4S.HI/c1-7(2)14-10(11-4)13-6-9-5-12-8(3)15-9;/h5,7H,6H2,1-4H3,(H2,11,13,14);1H. The van der Waals surface area contributed by atoms with Crippen LogP contribution >= 0.6 is 35.3 Å². The number of hydrogen-bond donors (Lipinski definition) is 2. The number of aliphatic imine (C=N–C) groups is 1. The Kier molecular flexibility index (Phi) is 7.65. The second-order valence-electron chi connectivity index (χ2n) is 3.57. The summed E-state index contributed by atoms with van der Waals surface area (Å²) in [5.41, 5.74) is 0. The molecule has 6 heteroatoms. The van der Waals surface area contributed by atoms with E-state index in [-0.39, 0.29) is 24.0 Å². The van der Waals surface area contributed by atoms with Crippen LogP contribution in [0.5, 0.6) is 0 Å². The Balaban J connectivity index is 0.00000225. The van der Waals surface area contributed by atoms with Gasteiger partial charge in [0, 0.05) is 24.2 Å². The van der Waals surface area contributed by atoms with Gasteiger partial charge in [0.1, 0.15) is 0 Å². The highest BCUT2D eigenvalue weighted by molar-refractivity contribution is 14.0. The number of rotatable bonds is 3. The van der Waals surface area contributed by atoms with Gasteiger partial charge in [0.05, 0.1) is 11.6 Å². The van der Waals surface area contributed by atoms with E-state index in [1.165, 1.54) is 4.88 Å². The molecule has 1 aromatic rings. The number of thiazole rings is 1. The topological polar surface area (TPSA) is 49.3 Å². The first-order chi connectivity index (χ1) is 7.11. The molecule has 0 aromatic carbocycles. The number of halogens is 1. The molecule has 0 spiro atoms. The van der Waals surface area contributed by atoms with E-state index < -0.39 is 0 Å². The molecule has 0 bridgehead atoms. The van der Waals surface area contributed by atoms with Crippen LogP contribution in [0.2, 0.25) is 0 Å². The Morgan fingerprint density at radius 2 is 2.25 bits per heavy atom. The Morgan fingerprint density at radius 1 is 1.56 bits per heavy atom. The van der Waals surface area contributed by atoms with E-state index in [0.717, 1.165) is 17.5 Å². The monoisotopic (exact) mass is 354 g/mol. The van der Waals surface area contributed by atoms with Crippen molar-refractivity contribution in [3.63, 3.8) is 0 Å². The second kappa shape index (κ2) is 7.83. The zero-order valence-corrected chi connectivity index (χ0v) is 13.2. The third-order valence-electron chi connectivity index (χ3n) is 1.75. The average Bonchev–Trinajstić information content (AvgIpc) is 2.58. The summed E-state index contributed by atoms with van der Waals surface area (Å²) < 4.78 is 0. The fourth-order valence-electron chi connectivity index (χ4n) is 1.13. The van der Waals surface area contributed by atoms with Crippen LogP contribution in [0, 0.1) is 6.92 Å². The third-order valence-corrected chi connectivity index (χ3v) is 2.66. The van der Waals surface area contributed by atoms with Crippen molar-refractivity contribution in [3.8, 4) is 0 Å². The van der Waals surface area contributed by atoms with Gasteiger partial charge in [-0.15, -0.1) is 35.3 Å². The number of aryl methyl sites for hydroxylation is 1. The maximum absolute atomic E-state index is 4.20. The average molecular weight is 354 g/mol. The predicted octanol–water partition coefficient (Wildman–Crippen LogP) is 2.14. The van der Waals surface area contributed by atoms with Crippen molar-refractivity contribution in [1.82, 2.24) is 15.6 Å². The number of hydrogen-bond acceptors (Lipinski definition) is 3. The van der Waals surface area contributed by atoms with Gasteiger partial charge < -0.3 is 10.6 Å². The van der Waals surface area contributed by atoms with E-state index in [1.54, 1.807) is 18.4 Å². The summed E-state index contributed by atoms with van der Waals surface area (Å²) in [7, 11) is 1.77. The molecule has 0 saturated heterocycles. The maximum Gasteiger partial charge on any atom is 0.191 e. The van der Waals surface area contributed by atoms with Crippen LogP contribution in [-0.2, 0) is 6.54 Å². The second-order valence-corrected chi connectivity index (χ2v) is 4.89. The summed E-state index contributed by atoms with van der Waals surface area (Å²) in [5.74, 6) is 0.830. The summed E-state index contributed by atoms with van der Waals surface area (Å²) in [4.78, 5) is 9.55. The van der Waals surface area contributed by atoms with Crippen molar-refractivity contribution < 1.29 is 0 Å².